The Morgan fingerprint density at radius 2 is 1.17 bits per heavy atom. The van der Waals surface area contributed by atoms with Gasteiger partial charge in [0, 0.05) is 50.8 Å². The quantitative estimate of drug-likeness (QED) is 0.424. The Labute approximate surface area is 237 Å². The fraction of sp³-hybridized carbons (Fsp3) is 0.290. The van der Waals surface area contributed by atoms with Crippen molar-refractivity contribution in [3.63, 3.8) is 0 Å². The highest BCUT2D eigenvalue weighted by molar-refractivity contribution is 6.04. The molecule has 10 nitrogen and oxygen atoms in total. The molecule has 6 rings (SSSR count). The van der Waals surface area contributed by atoms with E-state index in [0.29, 0.717) is 67.9 Å². The molecule has 0 spiro atoms. The predicted molar refractivity (Wildman–Crippen MR) is 155 cm³/mol. The minimum Gasteiger partial charge on any atom is -0.352 e. The van der Waals surface area contributed by atoms with Gasteiger partial charge in [0.25, 0.3) is 11.8 Å². The van der Waals surface area contributed by atoms with Gasteiger partial charge in [-0.25, -0.2) is 0 Å². The van der Waals surface area contributed by atoms with E-state index >= 15 is 0 Å². The van der Waals surface area contributed by atoms with Crippen LogP contribution in [-0.4, -0.2) is 84.1 Å². The summed E-state index contributed by atoms with van der Waals surface area (Å²) in [7, 11) is 0. The van der Waals surface area contributed by atoms with E-state index in [1.54, 1.807) is 46.5 Å². The molecule has 10 heteroatoms. The van der Waals surface area contributed by atoms with Gasteiger partial charge in [0.15, 0.2) is 0 Å². The van der Waals surface area contributed by atoms with Crippen LogP contribution in [0.5, 0.6) is 0 Å². The minimum absolute atomic E-state index is 0.0771. The lowest BCUT2D eigenvalue weighted by atomic mass is 10.1. The molecule has 2 saturated heterocycles. The Kier molecular flexibility index (Phi) is 7.28. The average Bonchev–Trinajstić information content (AvgIpc) is 3.51. The van der Waals surface area contributed by atoms with E-state index in [1.807, 2.05) is 36.4 Å². The second-order valence-corrected chi connectivity index (χ2v) is 10.5. The minimum atomic E-state index is -0.220. The van der Waals surface area contributed by atoms with Gasteiger partial charge in [-0.15, -0.1) is 0 Å². The van der Waals surface area contributed by atoms with E-state index in [9.17, 15) is 19.2 Å². The molecule has 2 N–H and O–H groups in total. The van der Waals surface area contributed by atoms with Crippen LogP contribution in [0, 0.1) is 0 Å². The van der Waals surface area contributed by atoms with Crippen molar-refractivity contribution in [2.45, 2.75) is 31.3 Å². The Morgan fingerprint density at radius 3 is 1.63 bits per heavy atom. The summed E-state index contributed by atoms with van der Waals surface area (Å²) in [5.41, 5.74) is 4.24. The lowest BCUT2D eigenvalue weighted by molar-refractivity contribution is -0.116. The Morgan fingerprint density at radius 1 is 0.732 bits per heavy atom. The summed E-state index contributed by atoms with van der Waals surface area (Å²) in [4.78, 5) is 63.3. The fourth-order valence-electron chi connectivity index (χ4n) is 5.64. The van der Waals surface area contributed by atoms with Crippen molar-refractivity contribution in [2.75, 3.05) is 26.2 Å². The topological polar surface area (TPSA) is 124 Å². The van der Waals surface area contributed by atoms with Crippen LogP contribution in [-0.2, 0) is 9.59 Å². The molecule has 2 aromatic carbocycles. The van der Waals surface area contributed by atoms with Crippen molar-refractivity contribution < 1.29 is 19.2 Å². The van der Waals surface area contributed by atoms with Crippen LogP contribution in [0.4, 0.5) is 11.4 Å². The zero-order chi connectivity index (χ0) is 28.3. The van der Waals surface area contributed by atoms with Gasteiger partial charge in [-0.1, -0.05) is 24.3 Å². The molecular weight excluding hydrogens is 520 g/mol. The first-order chi connectivity index (χ1) is 20.0. The number of fused-ring (bicyclic) bond motifs is 4. The molecule has 2 atom stereocenters. The molecule has 0 bridgehead atoms. The first kappa shape index (κ1) is 26.4. The Balaban J connectivity index is 0.936. The van der Waals surface area contributed by atoms with Gasteiger partial charge >= 0.3 is 0 Å². The van der Waals surface area contributed by atoms with Gasteiger partial charge in [-0.2, -0.15) is 0 Å². The number of carbonyl (C=O) groups excluding carboxylic acids is 4. The third-order valence-electron chi connectivity index (χ3n) is 7.67. The van der Waals surface area contributed by atoms with E-state index < -0.39 is 0 Å². The van der Waals surface area contributed by atoms with Gasteiger partial charge in [-0.05, 0) is 54.7 Å². The monoisotopic (exact) mass is 550 g/mol. The predicted octanol–water partition coefficient (Wildman–Crippen LogP) is 2.72. The lowest BCUT2D eigenvalue weighted by Gasteiger charge is -2.19. The molecule has 0 unspecified atom stereocenters. The molecule has 41 heavy (non-hydrogen) atoms. The van der Waals surface area contributed by atoms with Crippen molar-refractivity contribution in [1.82, 2.24) is 20.4 Å². The van der Waals surface area contributed by atoms with Gasteiger partial charge in [-0.3, -0.25) is 29.2 Å². The summed E-state index contributed by atoms with van der Waals surface area (Å²) in [6.07, 6.45) is 8.40. The van der Waals surface area contributed by atoms with Crippen LogP contribution in [0.1, 0.15) is 40.0 Å². The normalized spacial score (nSPS) is 22.6. The summed E-state index contributed by atoms with van der Waals surface area (Å²) in [5.74, 6) is -0.594. The average molecular weight is 551 g/mol. The Hall–Kier alpha value is -4.86. The number of aliphatic imine (C=N–C) groups is 2. The molecule has 0 radical (unpaired) electrons. The number of hydrogen-bond acceptors (Lipinski definition) is 6. The molecule has 2 fully saturated rings. The highest BCUT2D eigenvalue weighted by Crippen LogP contribution is 2.31. The van der Waals surface area contributed by atoms with E-state index in [0.717, 1.165) is 11.1 Å². The van der Waals surface area contributed by atoms with E-state index in [2.05, 4.69) is 20.6 Å². The fourth-order valence-corrected chi connectivity index (χ4v) is 5.64. The molecule has 4 aliphatic heterocycles. The van der Waals surface area contributed by atoms with Crippen molar-refractivity contribution in [2.24, 2.45) is 9.98 Å². The summed E-state index contributed by atoms with van der Waals surface area (Å²) < 4.78 is 0. The van der Waals surface area contributed by atoms with Gasteiger partial charge in [0.1, 0.15) is 0 Å². The standard InChI is InChI=1S/C31H30N6O4/c38-28(14-20-12-22-16-34-26-8-3-1-6-24(26)30(40)36(22)18-20)32-10-5-11-33-29(39)15-21-13-23-17-35-27-9-4-2-7-25(27)31(41)37(23)19-21/h1-4,6-9,14-17,22-23H,5,10-13,18-19H2,(H,32,38)(H,33,39)/b20-14-,21-15+/t22-,23+/m1/s1. The number of para-hydroxylation sites is 2. The molecule has 4 aliphatic rings. The van der Waals surface area contributed by atoms with E-state index in [1.165, 1.54) is 0 Å². The molecule has 2 aromatic rings. The van der Waals surface area contributed by atoms with Crippen LogP contribution >= 0.6 is 0 Å². The van der Waals surface area contributed by atoms with Gasteiger partial charge in [0.2, 0.25) is 11.8 Å². The number of hydrogen-bond donors (Lipinski definition) is 2. The first-order valence-corrected chi connectivity index (χ1v) is 13.8. The lowest BCUT2D eigenvalue weighted by Crippen LogP contribution is -2.35. The molecule has 4 heterocycles. The zero-order valence-electron chi connectivity index (χ0n) is 22.5. The maximum atomic E-state index is 13.0. The maximum Gasteiger partial charge on any atom is 0.256 e. The summed E-state index contributed by atoms with van der Waals surface area (Å²) in [6.45, 7) is 1.59. The van der Waals surface area contributed by atoms with E-state index in [-0.39, 0.29) is 35.7 Å². The highest BCUT2D eigenvalue weighted by Gasteiger charge is 2.35. The molecule has 0 aromatic heterocycles. The number of rotatable bonds is 6. The zero-order valence-corrected chi connectivity index (χ0v) is 22.5. The van der Waals surface area contributed by atoms with Gasteiger partial charge in [0.05, 0.1) is 34.6 Å². The second-order valence-electron chi connectivity index (χ2n) is 10.5. The van der Waals surface area contributed by atoms with Crippen LogP contribution in [0.3, 0.4) is 0 Å². The van der Waals surface area contributed by atoms with Crippen LogP contribution in [0.15, 0.2) is 81.8 Å². The molecule has 0 saturated carbocycles. The number of amides is 4. The number of benzene rings is 2. The first-order valence-electron chi connectivity index (χ1n) is 13.8. The van der Waals surface area contributed by atoms with E-state index in [4.69, 9.17) is 0 Å². The third-order valence-corrected chi connectivity index (χ3v) is 7.67. The van der Waals surface area contributed by atoms with Crippen LogP contribution in [0.2, 0.25) is 0 Å². The van der Waals surface area contributed by atoms with Crippen molar-refractivity contribution in [1.29, 1.82) is 0 Å². The van der Waals surface area contributed by atoms with Crippen LogP contribution in [0.25, 0.3) is 0 Å². The smallest absolute Gasteiger partial charge is 0.256 e. The molecule has 0 aliphatic carbocycles. The maximum absolute atomic E-state index is 13.0. The van der Waals surface area contributed by atoms with Crippen molar-refractivity contribution in [3.8, 4) is 0 Å². The number of nitrogens with one attached hydrogen (secondary N) is 2. The Bertz CT molecular complexity index is 1430. The summed E-state index contributed by atoms with van der Waals surface area (Å²) in [6, 6.07) is 14.2. The third kappa shape index (κ3) is 5.58. The summed E-state index contributed by atoms with van der Waals surface area (Å²) >= 11 is 0. The van der Waals surface area contributed by atoms with Gasteiger partial charge < -0.3 is 20.4 Å². The van der Waals surface area contributed by atoms with Crippen molar-refractivity contribution >= 4 is 47.4 Å². The highest BCUT2D eigenvalue weighted by atomic mass is 16.2. The molecule has 4 amide bonds. The molecule has 208 valence electrons. The molecular formula is C31H30N6O4. The summed E-state index contributed by atoms with van der Waals surface area (Å²) in [5, 5.41) is 5.70. The largest absolute Gasteiger partial charge is 0.352 e. The van der Waals surface area contributed by atoms with Crippen molar-refractivity contribution in [3.05, 3.63) is 83.0 Å². The SMILES string of the molecule is O=C(/C=C1/C[C@@H]2C=Nc3ccccc3C(=O)N2C1)NCCCNC(=O)/C=C1\C[C@H]2C=Nc3ccccc3C(=O)N2C1. The number of nitrogens with zero attached hydrogens (tertiary/aromatic N) is 4. The second kappa shape index (κ2) is 11.3. The number of carbonyl (C=O) groups is 4. The van der Waals surface area contributed by atoms with Crippen LogP contribution < -0.4 is 10.6 Å².